The molecule has 5 nitrogen and oxygen atoms in total. The van der Waals surface area contributed by atoms with Gasteiger partial charge in [-0.15, -0.1) is 0 Å². The van der Waals surface area contributed by atoms with Crippen molar-refractivity contribution >= 4 is 0 Å². The minimum absolute atomic E-state index is 0.0633. The van der Waals surface area contributed by atoms with Crippen molar-refractivity contribution < 1.29 is 5.21 Å². The average Bonchev–Trinajstić information content (AvgIpc) is 2.41. The summed E-state index contributed by atoms with van der Waals surface area (Å²) in [4.78, 5) is 0. The summed E-state index contributed by atoms with van der Waals surface area (Å²) in [6.45, 7) is 16.5. The Bertz CT molecular complexity index is 517. The normalized spacial score (nSPS) is 28.1. The van der Waals surface area contributed by atoms with Crippen molar-refractivity contribution in [1.29, 1.82) is 10.5 Å². The number of hydroxylamine groups is 2. The van der Waals surface area contributed by atoms with E-state index in [1.807, 2.05) is 27.7 Å². The summed E-state index contributed by atoms with van der Waals surface area (Å²) < 4.78 is 0. The second-order valence-electron chi connectivity index (χ2n) is 10.3. The van der Waals surface area contributed by atoms with Gasteiger partial charge in [-0.3, -0.25) is 0 Å². The maximum Gasteiger partial charge on any atom is 0.0657 e. The molecule has 0 amide bonds. The molecule has 2 heterocycles. The highest BCUT2D eigenvalue weighted by molar-refractivity contribution is 5.03. The molecular weight excluding hydrogens is 312 g/mol. The van der Waals surface area contributed by atoms with Crippen LogP contribution in [0, 0.1) is 34.5 Å². The molecule has 2 N–H and O–H groups in total. The van der Waals surface area contributed by atoms with Crippen molar-refractivity contribution in [2.24, 2.45) is 11.8 Å². The van der Waals surface area contributed by atoms with Gasteiger partial charge in [0.2, 0.25) is 0 Å². The molecule has 0 atom stereocenters. The van der Waals surface area contributed by atoms with Gasteiger partial charge in [0.25, 0.3) is 0 Å². The maximum atomic E-state index is 9.90. The number of piperidine rings is 2. The third-order valence-corrected chi connectivity index (χ3v) is 5.19. The van der Waals surface area contributed by atoms with E-state index >= 15 is 0 Å². The summed E-state index contributed by atoms with van der Waals surface area (Å²) in [7, 11) is 0. The Morgan fingerprint density at radius 2 is 1.08 bits per heavy atom. The summed E-state index contributed by atoms with van der Waals surface area (Å²) in [5, 5.41) is 32.6. The molecule has 0 aromatic rings. The lowest BCUT2D eigenvalue weighted by atomic mass is 9.76. The monoisotopic (exact) mass is 348 g/mol. The van der Waals surface area contributed by atoms with Gasteiger partial charge in [-0.1, -0.05) is 0 Å². The van der Waals surface area contributed by atoms with E-state index in [0.717, 1.165) is 25.7 Å². The standard InChI is InChI=1S/C10H18N2O.C10H18N2/c1-9(2)5-8(7-11)6-10(3,4)12(9)13;1-9(2)5-8(7-11)6-10(3,4)12-9/h8,13H,5-6H2,1-4H3;8,12H,5-6H2,1-4H3. The molecule has 0 radical (unpaired) electrons. The molecular formula is C20H36N4O. The van der Waals surface area contributed by atoms with Crippen molar-refractivity contribution in [1.82, 2.24) is 10.4 Å². The van der Waals surface area contributed by atoms with Gasteiger partial charge in [0.1, 0.15) is 0 Å². The minimum Gasteiger partial charge on any atom is -0.313 e. The van der Waals surface area contributed by atoms with Crippen LogP contribution >= 0.6 is 0 Å². The number of hydrogen-bond donors (Lipinski definition) is 2. The van der Waals surface area contributed by atoms with Gasteiger partial charge in [-0.2, -0.15) is 15.6 Å². The molecule has 2 aliphatic heterocycles. The Hall–Kier alpha value is -1.14. The van der Waals surface area contributed by atoms with Gasteiger partial charge in [-0.25, -0.2) is 0 Å². The van der Waals surface area contributed by atoms with Gasteiger partial charge in [-0.05, 0) is 81.1 Å². The van der Waals surface area contributed by atoms with E-state index in [9.17, 15) is 5.21 Å². The van der Waals surface area contributed by atoms with Crippen LogP contribution in [0.4, 0.5) is 0 Å². The zero-order valence-electron chi connectivity index (χ0n) is 17.3. The summed E-state index contributed by atoms with van der Waals surface area (Å²) in [6.07, 6.45) is 3.41. The fourth-order valence-corrected chi connectivity index (χ4v) is 4.78. The van der Waals surface area contributed by atoms with Crippen molar-refractivity contribution in [3.05, 3.63) is 0 Å². The summed E-state index contributed by atoms with van der Waals surface area (Å²) >= 11 is 0. The molecule has 0 aromatic heterocycles. The molecule has 5 heteroatoms. The highest BCUT2D eigenvalue weighted by atomic mass is 16.5. The lowest BCUT2D eigenvalue weighted by Crippen LogP contribution is -2.58. The molecule has 2 rings (SSSR count). The Labute approximate surface area is 154 Å². The fraction of sp³-hybridized carbons (Fsp3) is 0.900. The molecule has 2 fully saturated rings. The topological polar surface area (TPSA) is 83.1 Å². The molecule has 25 heavy (non-hydrogen) atoms. The molecule has 0 bridgehead atoms. The van der Waals surface area contributed by atoms with E-state index < -0.39 is 0 Å². The van der Waals surface area contributed by atoms with Crippen molar-refractivity contribution in [3.8, 4) is 12.1 Å². The smallest absolute Gasteiger partial charge is 0.0657 e. The van der Waals surface area contributed by atoms with Gasteiger partial charge >= 0.3 is 0 Å². The predicted octanol–water partition coefficient (Wildman–Crippen LogP) is 4.24. The van der Waals surface area contributed by atoms with Gasteiger partial charge < -0.3 is 10.5 Å². The molecule has 0 aliphatic carbocycles. The molecule has 0 unspecified atom stereocenters. The van der Waals surface area contributed by atoms with Gasteiger partial charge in [0.15, 0.2) is 0 Å². The van der Waals surface area contributed by atoms with Crippen LogP contribution in [0.2, 0.25) is 0 Å². The Kier molecular flexibility index (Phi) is 6.34. The Balaban J connectivity index is 0.000000251. The number of nitrogens with zero attached hydrogens (tertiary/aromatic N) is 3. The molecule has 0 spiro atoms. The van der Waals surface area contributed by atoms with Crippen molar-refractivity contribution in [3.63, 3.8) is 0 Å². The lowest BCUT2D eigenvalue weighted by Gasteiger charge is -2.50. The third kappa shape index (κ3) is 5.96. The quantitative estimate of drug-likeness (QED) is 0.684. The van der Waals surface area contributed by atoms with E-state index in [1.54, 1.807) is 0 Å². The van der Waals surface area contributed by atoms with Crippen LogP contribution in [0.1, 0.15) is 81.1 Å². The molecule has 0 aromatic carbocycles. The van der Waals surface area contributed by atoms with E-state index in [1.165, 1.54) is 5.06 Å². The van der Waals surface area contributed by atoms with Crippen LogP contribution in [-0.2, 0) is 0 Å². The van der Waals surface area contributed by atoms with E-state index in [2.05, 4.69) is 45.2 Å². The van der Waals surface area contributed by atoms with E-state index in [4.69, 9.17) is 10.5 Å². The second-order valence-corrected chi connectivity index (χ2v) is 10.3. The minimum atomic E-state index is -0.290. The van der Waals surface area contributed by atoms with Crippen LogP contribution in [-0.4, -0.2) is 32.4 Å². The predicted molar refractivity (Wildman–Crippen MR) is 99.8 cm³/mol. The third-order valence-electron chi connectivity index (χ3n) is 5.19. The van der Waals surface area contributed by atoms with Crippen LogP contribution < -0.4 is 5.32 Å². The van der Waals surface area contributed by atoms with E-state index in [0.29, 0.717) is 0 Å². The Morgan fingerprint density at radius 3 is 1.40 bits per heavy atom. The average molecular weight is 349 g/mol. The number of nitriles is 2. The van der Waals surface area contributed by atoms with Crippen LogP contribution in [0.25, 0.3) is 0 Å². The largest absolute Gasteiger partial charge is 0.313 e. The van der Waals surface area contributed by atoms with Gasteiger partial charge in [0, 0.05) is 34.0 Å². The zero-order chi connectivity index (χ0) is 19.7. The number of rotatable bonds is 0. The highest BCUT2D eigenvalue weighted by Gasteiger charge is 2.45. The first kappa shape index (κ1) is 21.9. The van der Waals surface area contributed by atoms with Gasteiger partial charge in [0.05, 0.1) is 12.1 Å². The van der Waals surface area contributed by atoms with Crippen LogP contribution in [0.3, 0.4) is 0 Å². The van der Waals surface area contributed by atoms with Crippen LogP contribution in [0.15, 0.2) is 0 Å². The summed E-state index contributed by atoms with van der Waals surface area (Å²) in [6, 6.07) is 4.67. The fourth-order valence-electron chi connectivity index (χ4n) is 4.78. The van der Waals surface area contributed by atoms with Crippen LogP contribution in [0.5, 0.6) is 0 Å². The molecule has 2 saturated heterocycles. The second kappa shape index (κ2) is 7.23. The first-order valence-corrected chi connectivity index (χ1v) is 9.22. The first-order chi connectivity index (χ1) is 11.1. The maximum absolute atomic E-state index is 9.90. The molecule has 142 valence electrons. The lowest BCUT2D eigenvalue weighted by molar-refractivity contribution is -0.247. The zero-order valence-corrected chi connectivity index (χ0v) is 17.3. The molecule has 0 saturated carbocycles. The Morgan fingerprint density at radius 1 is 0.760 bits per heavy atom. The number of nitrogens with one attached hydrogen (secondary N) is 1. The first-order valence-electron chi connectivity index (χ1n) is 9.22. The summed E-state index contributed by atoms with van der Waals surface area (Å²) in [5.74, 6) is 0.282. The summed E-state index contributed by atoms with van der Waals surface area (Å²) in [5.41, 5.74) is -0.353. The van der Waals surface area contributed by atoms with Crippen molar-refractivity contribution in [2.75, 3.05) is 0 Å². The SMILES string of the molecule is CC1(C)CC(C#N)CC(C)(C)N1.CC1(C)CC(C#N)CC(C)(C)N1O. The van der Waals surface area contributed by atoms with Crippen molar-refractivity contribution in [2.45, 2.75) is 103 Å². The molecule has 2 aliphatic rings. The van der Waals surface area contributed by atoms with E-state index in [-0.39, 0.29) is 34.0 Å². The highest BCUT2D eigenvalue weighted by Crippen LogP contribution is 2.39. The number of hydrogen-bond acceptors (Lipinski definition) is 5.